The molecule has 1 aromatic rings. The molecule has 0 amide bonds. The fraction of sp³-hybridized carbons (Fsp3) is 0.455. The lowest BCUT2D eigenvalue weighted by atomic mass is 9.83. The molecule has 0 heterocycles. The number of benzene rings is 1. The third-order valence-corrected chi connectivity index (χ3v) is 3.15. The molecule has 78 valence electrons. The second-order valence-electron chi connectivity index (χ2n) is 4.10. The predicted octanol–water partition coefficient (Wildman–Crippen LogP) is 3.17. The summed E-state index contributed by atoms with van der Waals surface area (Å²) in [6, 6.07) is 3.16. The first-order valence-electron chi connectivity index (χ1n) is 4.46. The highest BCUT2D eigenvalue weighted by atomic mass is 79.9. The minimum absolute atomic E-state index is 0.00407. The molecule has 3 heteroatoms. The van der Waals surface area contributed by atoms with E-state index in [9.17, 15) is 9.50 Å². The third-order valence-electron chi connectivity index (χ3n) is 2.38. The zero-order valence-electron chi connectivity index (χ0n) is 8.56. The van der Waals surface area contributed by atoms with Crippen molar-refractivity contribution in [2.24, 2.45) is 0 Å². The van der Waals surface area contributed by atoms with Crippen LogP contribution in [0.4, 0.5) is 4.39 Å². The van der Waals surface area contributed by atoms with Crippen LogP contribution in [0.25, 0.3) is 0 Å². The van der Waals surface area contributed by atoms with Crippen LogP contribution in [-0.4, -0.2) is 11.7 Å². The minimum Gasteiger partial charge on any atom is -0.395 e. The summed E-state index contributed by atoms with van der Waals surface area (Å²) in [5.41, 5.74) is 1.39. The van der Waals surface area contributed by atoms with E-state index in [0.29, 0.717) is 4.47 Å². The van der Waals surface area contributed by atoms with Gasteiger partial charge in [-0.05, 0) is 40.0 Å². The number of aliphatic hydroxyl groups excluding tert-OH is 1. The van der Waals surface area contributed by atoms with Gasteiger partial charge < -0.3 is 5.11 Å². The maximum atomic E-state index is 13.3. The molecule has 0 aliphatic rings. The summed E-state index contributed by atoms with van der Waals surface area (Å²) in [6.07, 6.45) is 0. The molecule has 0 atom stereocenters. The lowest BCUT2D eigenvalue weighted by Crippen LogP contribution is -2.24. The van der Waals surface area contributed by atoms with Crippen molar-refractivity contribution < 1.29 is 9.50 Å². The van der Waals surface area contributed by atoms with Crippen molar-refractivity contribution >= 4 is 15.9 Å². The van der Waals surface area contributed by atoms with Crippen molar-refractivity contribution in [1.82, 2.24) is 0 Å². The van der Waals surface area contributed by atoms with E-state index in [2.05, 4.69) is 15.9 Å². The van der Waals surface area contributed by atoms with Gasteiger partial charge in [0.15, 0.2) is 0 Å². The summed E-state index contributed by atoms with van der Waals surface area (Å²) < 4.78 is 13.8. The topological polar surface area (TPSA) is 20.2 Å². The Morgan fingerprint density at radius 3 is 2.50 bits per heavy atom. The van der Waals surface area contributed by atoms with E-state index in [-0.39, 0.29) is 12.4 Å². The molecular weight excluding hydrogens is 247 g/mol. The Labute approximate surface area is 92.1 Å². The lowest BCUT2D eigenvalue weighted by molar-refractivity contribution is 0.217. The molecule has 0 aromatic heterocycles. The second kappa shape index (κ2) is 3.99. The first-order valence-corrected chi connectivity index (χ1v) is 5.25. The normalized spacial score (nSPS) is 11.9. The summed E-state index contributed by atoms with van der Waals surface area (Å²) in [5.74, 6) is -0.285. The number of rotatable bonds is 2. The van der Waals surface area contributed by atoms with Gasteiger partial charge in [0.05, 0.1) is 11.1 Å². The molecule has 0 aliphatic heterocycles. The average Bonchev–Trinajstić information content (AvgIpc) is 2.12. The number of aryl methyl sites for hydroxylation is 1. The monoisotopic (exact) mass is 260 g/mol. The van der Waals surface area contributed by atoms with Gasteiger partial charge in [-0.1, -0.05) is 19.9 Å². The van der Waals surface area contributed by atoms with Crippen LogP contribution in [0.5, 0.6) is 0 Å². The van der Waals surface area contributed by atoms with Crippen LogP contribution in [0.15, 0.2) is 16.6 Å². The molecule has 1 N–H and O–H groups in total. The van der Waals surface area contributed by atoms with E-state index in [1.54, 1.807) is 6.07 Å². The average molecular weight is 261 g/mol. The van der Waals surface area contributed by atoms with Gasteiger partial charge in [-0.3, -0.25) is 0 Å². The van der Waals surface area contributed by atoms with E-state index < -0.39 is 5.41 Å². The van der Waals surface area contributed by atoms with Gasteiger partial charge in [0.1, 0.15) is 5.82 Å². The summed E-state index contributed by atoms with van der Waals surface area (Å²) in [7, 11) is 0. The molecule has 0 saturated heterocycles. The van der Waals surface area contributed by atoms with Gasteiger partial charge in [-0.2, -0.15) is 0 Å². The first kappa shape index (κ1) is 11.7. The van der Waals surface area contributed by atoms with Crippen LogP contribution in [0.2, 0.25) is 0 Å². The molecule has 0 aliphatic carbocycles. The second-order valence-corrected chi connectivity index (χ2v) is 4.89. The highest BCUT2D eigenvalue weighted by Gasteiger charge is 2.25. The highest BCUT2D eigenvalue weighted by Crippen LogP contribution is 2.34. The van der Waals surface area contributed by atoms with Crippen LogP contribution in [0.1, 0.15) is 25.0 Å². The van der Waals surface area contributed by atoms with Crippen molar-refractivity contribution in [2.75, 3.05) is 6.61 Å². The zero-order chi connectivity index (χ0) is 10.9. The molecule has 0 unspecified atom stereocenters. The van der Waals surface area contributed by atoms with E-state index in [4.69, 9.17) is 0 Å². The van der Waals surface area contributed by atoms with Crippen LogP contribution < -0.4 is 0 Å². The van der Waals surface area contributed by atoms with E-state index in [1.807, 2.05) is 20.8 Å². The maximum absolute atomic E-state index is 13.3. The van der Waals surface area contributed by atoms with Crippen LogP contribution in [0, 0.1) is 12.7 Å². The smallest absolute Gasteiger partial charge is 0.137 e. The Balaban J connectivity index is 3.40. The van der Waals surface area contributed by atoms with Gasteiger partial charge in [0, 0.05) is 5.41 Å². The Morgan fingerprint density at radius 2 is 2.00 bits per heavy atom. The summed E-state index contributed by atoms with van der Waals surface area (Å²) >= 11 is 3.22. The van der Waals surface area contributed by atoms with Gasteiger partial charge >= 0.3 is 0 Å². The van der Waals surface area contributed by atoms with Crippen molar-refractivity contribution in [3.63, 3.8) is 0 Å². The Hall–Kier alpha value is -0.410. The molecule has 0 saturated carbocycles. The zero-order valence-corrected chi connectivity index (χ0v) is 10.2. The van der Waals surface area contributed by atoms with E-state index in [0.717, 1.165) is 11.1 Å². The SMILES string of the molecule is Cc1ccc(F)c(Br)c1C(C)(C)CO. The molecule has 1 rings (SSSR count). The fourth-order valence-corrected chi connectivity index (χ4v) is 2.54. The van der Waals surface area contributed by atoms with Crippen molar-refractivity contribution in [1.29, 1.82) is 0 Å². The summed E-state index contributed by atoms with van der Waals surface area (Å²) in [6.45, 7) is 5.69. The van der Waals surface area contributed by atoms with Gasteiger partial charge in [-0.15, -0.1) is 0 Å². The van der Waals surface area contributed by atoms with Crippen LogP contribution in [-0.2, 0) is 5.41 Å². The molecule has 0 spiro atoms. The van der Waals surface area contributed by atoms with Crippen molar-refractivity contribution in [2.45, 2.75) is 26.2 Å². The standard InChI is InChI=1S/C11H14BrFO/c1-7-4-5-8(13)10(12)9(7)11(2,3)6-14/h4-5,14H,6H2,1-3H3. The molecule has 0 radical (unpaired) electrons. The molecular formula is C11H14BrFO. The number of hydrogen-bond acceptors (Lipinski definition) is 1. The number of halogens is 2. The van der Waals surface area contributed by atoms with Gasteiger partial charge in [0.2, 0.25) is 0 Å². The Bertz CT molecular complexity index is 347. The number of aliphatic hydroxyl groups is 1. The molecule has 1 aromatic carbocycles. The minimum atomic E-state index is -0.426. The van der Waals surface area contributed by atoms with Crippen molar-refractivity contribution in [3.05, 3.63) is 33.5 Å². The predicted molar refractivity (Wildman–Crippen MR) is 58.9 cm³/mol. The molecule has 1 nitrogen and oxygen atoms in total. The molecule has 14 heavy (non-hydrogen) atoms. The highest BCUT2D eigenvalue weighted by molar-refractivity contribution is 9.10. The number of hydrogen-bond donors (Lipinski definition) is 1. The molecule has 0 fully saturated rings. The lowest BCUT2D eigenvalue weighted by Gasteiger charge is -2.26. The Kier molecular flexibility index (Phi) is 3.32. The van der Waals surface area contributed by atoms with E-state index in [1.165, 1.54) is 6.07 Å². The largest absolute Gasteiger partial charge is 0.395 e. The quantitative estimate of drug-likeness (QED) is 0.866. The third kappa shape index (κ3) is 1.98. The van der Waals surface area contributed by atoms with Crippen LogP contribution >= 0.6 is 15.9 Å². The summed E-state index contributed by atoms with van der Waals surface area (Å²) in [4.78, 5) is 0. The Morgan fingerprint density at radius 1 is 1.43 bits per heavy atom. The summed E-state index contributed by atoms with van der Waals surface area (Å²) in [5, 5.41) is 9.24. The van der Waals surface area contributed by atoms with E-state index >= 15 is 0 Å². The fourth-order valence-electron chi connectivity index (χ4n) is 1.56. The van der Waals surface area contributed by atoms with Crippen molar-refractivity contribution in [3.8, 4) is 0 Å². The maximum Gasteiger partial charge on any atom is 0.137 e. The molecule has 0 bridgehead atoms. The van der Waals surface area contributed by atoms with Gasteiger partial charge in [-0.25, -0.2) is 4.39 Å². The first-order chi connectivity index (χ1) is 6.40. The van der Waals surface area contributed by atoms with Gasteiger partial charge in [0.25, 0.3) is 0 Å². The van der Waals surface area contributed by atoms with Crippen LogP contribution in [0.3, 0.4) is 0 Å².